The van der Waals surface area contributed by atoms with Crippen LogP contribution in [-0.4, -0.2) is 23.0 Å². The lowest BCUT2D eigenvalue weighted by atomic mass is 9.99. The molecule has 3 aromatic rings. The molecule has 122 valence electrons. The predicted octanol–water partition coefficient (Wildman–Crippen LogP) is 3.52. The maximum atomic E-state index is 10.0. The van der Waals surface area contributed by atoms with E-state index in [0.29, 0.717) is 6.54 Å². The molecule has 0 fully saturated rings. The zero-order valence-corrected chi connectivity index (χ0v) is 13.7. The summed E-state index contributed by atoms with van der Waals surface area (Å²) in [6.45, 7) is 2.36. The monoisotopic (exact) mass is 319 g/mol. The Kier molecular flexibility index (Phi) is 3.85. The third kappa shape index (κ3) is 2.42. The molecule has 24 heavy (non-hydrogen) atoms. The van der Waals surface area contributed by atoms with Gasteiger partial charge in [0, 0.05) is 19.1 Å². The second kappa shape index (κ2) is 6.02. The second-order valence-corrected chi connectivity index (χ2v) is 6.58. The minimum atomic E-state index is -0.710. The van der Waals surface area contributed by atoms with Crippen molar-refractivity contribution in [3.63, 3.8) is 0 Å². The van der Waals surface area contributed by atoms with Gasteiger partial charge in [-0.3, -0.25) is 5.32 Å². The van der Waals surface area contributed by atoms with Gasteiger partial charge in [0.15, 0.2) is 0 Å². The number of aliphatic hydroxyl groups is 2. The van der Waals surface area contributed by atoms with E-state index in [1.807, 2.05) is 6.92 Å². The number of benzene rings is 3. The Morgan fingerprint density at radius 1 is 0.917 bits per heavy atom. The Labute approximate surface area is 141 Å². The van der Waals surface area contributed by atoms with Gasteiger partial charge in [-0.2, -0.15) is 0 Å². The molecule has 0 radical (unpaired) electrons. The molecule has 0 heterocycles. The summed E-state index contributed by atoms with van der Waals surface area (Å²) in [5.74, 6) is -0.187. The van der Waals surface area contributed by atoms with E-state index in [9.17, 15) is 5.11 Å². The third-order valence-corrected chi connectivity index (χ3v) is 4.89. The van der Waals surface area contributed by atoms with Gasteiger partial charge in [0.05, 0.1) is 0 Å². The summed E-state index contributed by atoms with van der Waals surface area (Å²) in [5, 5.41) is 24.8. The van der Waals surface area contributed by atoms with Crippen molar-refractivity contribution in [2.45, 2.75) is 19.7 Å². The first-order valence-corrected chi connectivity index (χ1v) is 8.37. The summed E-state index contributed by atoms with van der Waals surface area (Å²) in [6, 6.07) is 19.3. The number of hydrogen-bond donors (Lipinski definition) is 3. The highest BCUT2D eigenvalue weighted by molar-refractivity contribution is 6.15. The molecule has 0 spiro atoms. The van der Waals surface area contributed by atoms with E-state index in [0.717, 1.165) is 5.56 Å². The van der Waals surface area contributed by atoms with Crippen molar-refractivity contribution in [2.24, 2.45) is 5.92 Å². The van der Waals surface area contributed by atoms with E-state index in [1.54, 1.807) is 0 Å². The van der Waals surface area contributed by atoms with E-state index in [4.69, 9.17) is 5.11 Å². The van der Waals surface area contributed by atoms with Crippen molar-refractivity contribution in [3.8, 4) is 22.3 Å². The van der Waals surface area contributed by atoms with Crippen LogP contribution >= 0.6 is 0 Å². The van der Waals surface area contributed by atoms with Crippen LogP contribution in [0.25, 0.3) is 33.0 Å². The average molecular weight is 319 g/mol. The minimum absolute atomic E-state index is 0.0339. The van der Waals surface area contributed by atoms with Gasteiger partial charge in [-0.1, -0.05) is 49.4 Å². The molecule has 0 bridgehead atoms. The summed E-state index contributed by atoms with van der Waals surface area (Å²) in [7, 11) is 0. The Balaban J connectivity index is 1.74. The largest absolute Gasteiger partial charge is 0.396 e. The molecular weight excluding hydrogens is 298 g/mol. The highest BCUT2D eigenvalue weighted by atomic mass is 16.3. The molecule has 2 unspecified atom stereocenters. The number of hydrogen-bond acceptors (Lipinski definition) is 3. The standard InChI is InChI=1S/C21H21NO2/c1-13(12-23)21(24)22-11-14-9-15-5-4-8-18-16-6-2-3-7-17(16)19(10-14)20(15)18/h2-10,13,21-24H,11-12H2,1H3. The van der Waals surface area contributed by atoms with Crippen molar-refractivity contribution in [1.82, 2.24) is 5.32 Å². The van der Waals surface area contributed by atoms with E-state index < -0.39 is 6.23 Å². The molecule has 1 aliphatic rings. The van der Waals surface area contributed by atoms with Gasteiger partial charge in [-0.15, -0.1) is 0 Å². The van der Waals surface area contributed by atoms with Crippen LogP contribution in [-0.2, 0) is 6.54 Å². The number of aliphatic hydroxyl groups excluding tert-OH is 2. The van der Waals surface area contributed by atoms with Gasteiger partial charge in [0.25, 0.3) is 0 Å². The Morgan fingerprint density at radius 3 is 2.38 bits per heavy atom. The number of fused-ring (bicyclic) bond motifs is 3. The Hall–Kier alpha value is -2.20. The lowest BCUT2D eigenvalue weighted by Gasteiger charge is -2.18. The summed E-state index contributed by atoms with van der Waals surface area (Å²) in [4.78, 5) is 0. The van der Waals surface area contributed by atoms with Gasteiger partial charge in [0.2, 0.25) is 0 Å². The Morgan fingerprint density at radius 2 is 1.62 bits per heavy atom. The van der Waals surface area contributed by atoms with Crippen molar-refractivity contribution < 1.29 is 10.2 Å². The van der Waals surface area contributed by atoms with Gasteiger partial charge in [-0.25, -0.2) is 0 Å². The van der Waals surface area contributed by atoms with Gasteiger partial charge in [0.1, 0.15) is 6.23 Å². The van der Waals surface area contributed by atoms with Crippen molar-refractivity contribution in [1.29, 1.82) is 0 Å². The quantitative estimate of drug-likeness (QED) is 0.493. The summed E-state index contributed by atoms with van der Waals surface area (Å²) < 4.78 is 0. The van der Waals surface area contributed by atoms with Crippen LogP contribution < -0.4 is 5.32 Å². The first-order valence-electron chi connectivity index (χ1n) is 8.37. The molecule has 2 atom stereocenters. The smallest absolute Gasteiger partial charge is 0.109 e. The van der Waals surface area contributed by atoms with E-state index in [1.165, 1.54) is 33.0 Å². The molecule has 0 saturated heterocycles. The van der Waals surface area contributed by atoms with E-state index >= 15 is 0 Å². The van der Waals surface area contributed by atoms with Crippen molar-refractivity contribution in [2.75, 3.05) is 6.61 Å². The van der Waals surface area contributed by atoms with Crippen LogP contribution in [0.5, 0.6) is 0 Å². The molecule has 0 aromatic heterocycles. The fourth-order valence-corrected chi connectivity index (χ4v) is 3.51. The lowest BCUT2D eigenvalue weighted by Crippen LogP contribution is -2.35. The maximum absolute atomic E-state index is 10.0. The molecule has 0 aliphatic heterocycles. The van der Waals surface area contributed by atoms with Crippen LogP contribution in [0.15, 0.2) is 54.6 Å². The Bertz CT molecular complexity index is 903. The SMILES string of the molecule is CC(CO)C(O)NCc1cc2c3c(cccc3c1)-c1ccccc1-2. The van der Waals surface area contributed by atoms with Crippen LogP contribution in [0.1, 0.15) is 12.5 Å². The molecule has 1 aliphatic carbocycles. The normalized spacial score (nSPS) is 14.6. The molecule has 3 aromatic carbocycles. The highest BCUT2D eigenvalue weighted by Crippen LogP contribution is 2.47. The minimum Gasteiger partial charge on any atom is -0.396 e. The van der Waals surface area contributed by atoms with Crippen molar-refractivity contribution >= 4 is 10.8 Å². The molecule has 3 heteroatoms. The molecule has 3 nitrogen and oxygen atoms in total. The predicted molar refractivity (Wildman–Crippen MR) is 97.5 cm³/mol. The first-order chi connectivity index (χ1) is 11.7. The maximum Gasteiger partial charge on any atom is 0.109 e. The zero-order valence-electron chi connectivity index (χ0n) is 13.7. The zero-order chi connectivity index (χ0) is 16.7. The second-order valence-electron chi connectivity index (χ2n) is 6.58. The number of nitrogens with one attached hydrogen (secondary N) is 1. The first kappa shape index (κ1) is 15.3. The fourth-order valence-electron chi connectivity index (χ4n) is 3.51. The fraction of sp³-hybridized carbons (Fsp3) is 0.238. The number of rotatable bonds is 5. The highest BCUT2D eigenvalue weighted by Gasteiger charge is 2.21. The molecule has 4 rings (SSSR count). The van der Waals surface area contributed by atoms with Crippen LogP contribution in [0.3, 0.4) is 0 Å². The van der Waals surface area contributed by atoms with Crippen molar-refractivity contribution in [3.05, 3.63) is 60.2 Å². The molecule has 0 amide bonds. The van der Waals surface area contributed by atoms with Gasteiger partial charge in [-0.05, 0) is 50.7 Å². The summed E-state index contributed by atoms with van der Waals surface area (Å²) >= 11 is 0. The van der Waals surface area contributed by atoms with Gasteiger partial charge < -0.3 is 10.2 Å². The summed E-state index contributed by atoms with van der Waals surface area (Å²) in [5.41, 5.74) is 6.26. The summed E-state index contributed by atoms with van der Waals surface area (Å²) in [6.07, 6.45) is -0.710. The topological polar surface area (TPSA) is 52.5 Å². The van der Waals surface area contributed by atoms with Gasteiger partial charge >= 0.3 is 0 Å². The molecule has 3 N–H and O–H groups in total. The third-order valence-electron chi connectivity index (χ3n) is 4.89. The van der Waals surface area contributed by atoms with Crippen LogP contribution in [0.4, 0.5) is 0 Å². The molecular formula is C21H21NO2. The van der Waals surface area contributed by atoms with Crippen LogP contribution in [0, 0.1) is 5.92 Å². The van der Waals surface area contributed by atoms with Crippen LogP contribution in [0.2, 0.25) is 0 Å². The van der Waals surface area contributed by atoms with E-state index in [2.05, 4.69) is 59.9 Å². The molecule has 0 saturated carbocycles. The average Bonchev–Trinajstić information content (AvgIpc) is 2.95. The van der Waals surface area contributed by atoms with E-state index in [-0.39, 0.29) is 12.5 Å². The lowest BCUT2D eigenvalue weighted by molar-refractivity contribution is 0.0495.